The Hall–Kier alpha value is -0.860. The van der Waals surface area contributed by atoms with Crippen LogP contribution in [0.25, 0.3) is 0 Å². The van der Waals surface area contributed by atoms with Crippen molar-refractivity contribution in [1.29, 1.82) is 0 Å². The van der Waals surface area contributed by atoms with Gasteiger partial charge in [0.2, 0.25) is 0 Å². The van der Waals surface area contributed by atoms with E-state index in [1.807, 2.05) is 6.07 Å². The third kappa shape index (κ3) is 4.60. The van der Waals surface area contributed by atoms with Gasteiger partial charge in [0.25, 0.3) is 0 Å². The topological polar surface area (TPSA) is 32.3 Å². The molecule has 0 spiro atoms. The molecule has 2 N–H and O–H groups in total. The van der Waals surface area contributed by atoms with Crippen LogP contribution in [0.4, 0.5) is 0 Å². The zero-order valence-corrected chi connectivity index (χ0v) is 13.1. The summed E-state index contributed by atoms with van der Waals surface area (Å²) in [6.07, 6.45) is 4.66. The van der Waals surface area contributed by atoms with Gasteiger partial charge in [0, 0.05) is 12.1 Å². The Labute approximate surface area is 123 Å². The van der Waals surface area contributed by atoms with E-state index in [1.165, 1.54) is 24.8 Å². The van der Waals surface area contributed by atoms with Crippen molar-refractivity contribution in [3.63, 3.8) is 0 Å². The van der Waals surface area contributed by atoms with E-state index in [0.717, 1.165) is 12.3 Å². The maximum absolute atomic E-state index is 9.65. The van der Waals surface area contributed by atoms with E-state index >= 15 is 0 Å². The second kappa shape index (κ2) is 6.73. The van der Waals surface area contributed by atoms with Crippen LogP contribution < -0.4 is 5.32 Å². The number of hydrogen-bond acceptors (Lipinski definition) is 2. The molecule has 3 atom stereocenters. The molecule has 2 unspecified atom stereocenters. The zero-order valence-electron chi connectivity index (χ0n) is 13.1. The Balaban J connectivity index is 1.92. The molecule has 2 rings (SSSR count). The largest absolute Gasteiger partial charge is 0.395 e. The highest BCUT2D eigenvalue weighted by Gasteiger charge is 2.32. The maximum Gasteiger partial charge on any atom is 0.0587 e. The van der Waals surface area contributed by atoms with Gasteiger partial charge in [-0.15, -0.1) is 0 Å². The first-order valence-corrected chi connectivity index (χ1v) is 7.89. The van der Waals surface area contributed by atoms with Crippen LogP contribution in [-0.2, 0) is 6.42 Å². The standard InChI is InChI=1S/C18H29NO/c1-14-9-16(12-18(2,3)11-14)19-17(13-20)10-15-7-5-4-6-8-15/h4-8,14,16-17,19-20H,9-13H2,1-3H3/t14?,16?,17-/m1/s1. The van der Waals surface area contributed by atoms with Gasteiger partial charge in [-0.1, -0.05) is 51.1 Å². The lowest BCUT2D eigenvalue weighted by atomic mass is 9.70. The molecule has 2 nitrogen and oxygen atoms in total. The fourth-order valence-electron chi connectivity index (χ4n) is 3.88. The minimum absolute atomic E-state index is 0.170. The number of hydrogen-bond donors (Lipinski definition) is 2. The summed E-state index contributed by atoms with van der Waals surface area (Å²) < 4.78 is 0. The minimum atomic E-state index is 0.170. The average Bonchev–Trinajstić information content (AvgIpc) is 2.36. The molecule has 0 aliphatic heterocycles. The molecule has 1 aromatic carbocycles. The van der Waals surface area contributed by atoms with E-state index < -0.39 is 0 Å². The SMILES string of the molecule is CC1CC(N[C@@H](CO)Cc2ccccc2)CC(C)(C)C1. The lowest BCUT2D eigenvalue weighted by Crippen LogP contribution is -2.47. The van der Waals surface area contributed by atoms with Crippen LogP contribution in [0.15, 0.2) is 30.3 Å². The fraction of sp³-hybridized carbons (Fsp3) is 0.667. The Morgan fingerprint density at radius 2 is 1.95 bits per heavy atom. The monoisotopic (exact) mass is 275 g/mol. The molecule has 1 fully saturated rings. The number of benzene rings is 1. The van der Waals surface area contributed by atoms with Gasteiger partial charge in [-0.2, -0.15) is 0 Å². The van der Waals surface area contributed by atoms with Gasteiger partial charge in [0.15, 0.2) is 0 Å². The molecule has 1 aliphatic rings. The molecular weight excluding hydrogens is 246 g/mol. The van der Waals surface area contributed by atoms with Gasteiger partial charge in [-0.25, -0.2) is 0 Å². The molecular formula is C18H29NO. The van der Waals surface area contributed by atoms with Crippen molar-refractivity contribution in [1.82, 2.24) is 5.32 Å². The Kier molecular flexibility index (Phi) is 5.22. The molecule has 1 aliphatic carbocycles. The predicted molar refractivity (Wildman–Crippen MR) is 84.7 cm³/mol. The molecule has 1 aromatic rings. The van der Waals surface area contributed by atoms with Gasteiger partial charge in [0.05, 0.1) is 6.61 Å². The minimum Gasteiger partial charge on any atom is -0.395 e. The van der Waals surface area contributed by atoms with E-state index in [2.05, 4.69) is 50.4 Å². The number of aliphatic hydroxyl groups excluding tert-OH is 1. The first-order chi connectivity index (χ1) is 9.48. The average molecular weight is 275 g/mol. The molecule has 20 heavy (non-hydrogen) atoms. The van der Waals surface area contributed by atoms with E-state index in [0.29, 0.717) is 11.5 Å². The van der Waals surface area contributed by atoms with Gasteiger partial charge in [-0.05, 0) is 42.6 Å². The van der Waals surface area contributed by atoms with Crippen LogP contribution in [0.3, 0.4) is 0 Å². The normalized spacial score (nSPS) is 27.2. The molecule has 0 amide bonds. The molecule has 0 radical (unpaired) electrons. The fourth-order valence-corrected chi connectivity index (χ4v) is 3.88. The third-order valence-corrected chi connectivity index (χ3v) is 4.40. The van der Waals surface area contributed by atoms with Gasteiger partial charge in [-0.3, -0.25) is 0 Å². The first kappa shape index (κ1) is 15.5. The summed E-state index contributed by atoms with van der Waals surface area (Å²) in [7, 11) is 0. The Morgan fingerprint density at radius 1 is 1.25 bits per heavy atom. The zero-order chi connectivity index (χ0) is 14.6. The van der Waals surface area contributed by atoms with Crippen molar-refractivity contribution in [3.05, 3.63) is 35.9 Å². The van der Waals surface area contributed by atoms with Gasteiger partial charge >= 0.3 is 0 Å². The second-order valence-corrected chi connectivity index (χ2v) is 7.35. The molecule has 0 aromatic heterocycles. The predicted octanol–water partition coefficient (Wildman–Crippen LogP) is 3.39. The first-order valence-electron chi connectivity index (χ1n) is 7.89. The summed E-state index contributed by atoms with van der Waals surface area (Å²) in [5.41, 5.74) is 1.71. The third-order valence-electron chi connectivity index (χ3n) is 4.40. The van der Waals surface area contributed by atoms with Crippen molar-refractivity contribution in [2.24, 2.45) is 11.3 Å². The molecule has 1 saturated carbocycles. The smallest absolute Gasteiger partial charge is 0.0587 e. The van der Waals surface area contributed by atoms with E-state index in [-0.39, 0.29) is 12.6 Å². The summed E-state index contributed by atoms with van der Waals surface area (Å²) in [4.78, 5) is 0. The highest BCUT2D eigenvalue weighted by atomic mass is 16.3. The molecule has 0 heterocycles. The van der Waals surface area contributed by atoms with Crippen LogP contribution in [0, 0.1) is 11.3 Å². The van der Waals surface area contributed by atoms with Crippen LogP contribution in [-0.4, -0.2) is 23.8 Å². The summed E-state index contributed by atoms with van der Waals surface area (Å²) in [6.45, 7) is 7.28. The number of aliphatic hydroxyl groups is 1. The van der Waals surface area contributed by atoms with Crippen LogP contribution >= 0.6 is 0 Å². The highest BCUT2D eigenvalue weighted by molar-refractivity contribution is 5.16. The Bertz CT molecular complexity index is 401. The molecule has 0 saturated heterocycles. The molecule has 2 heteroatoms. The summed E-state index contributed by atoms with van der Waals surface area (Å²) >= 11 is 0. The summed E-state index contributed by atoms with van der Waals surface area (Å²) in [6, 6.07) is 11.1. The van der Waals surface area contributed by atoms with Gasteiger partial charge < -0.3 is 10.4 Å². The van der Waals surface area contributed by atoms with Crippen LogP contribution in [0.5, 0.6) is 0 Å². The van der Waals surface area contributed by atoms with Crippen molar-refractivity contribution in [2.45, 2.75) is 58.5 Å². The number of rotatable bonds is 5. The lowest BCUT2D eigenvalue weighted by molar-refractivity contribution is 0.131. The van der Waals surface area contributed by atoms with Crippen molar-refractivity contribution in [2.75, 3.05) is 6.61 Å². The van der Waals surface area contributed by atoms with Crippen LogP contribution in [0.1, 0.15) is 45.6 Å². The lowest BCUT2D eigenvalue weighted by Gasteiger charge is -2.40. The van der Waals surface area contributed by atoms with Gasteiger partial charge in [0.1, 0.15) is 0 Å². The van der Waals surface area contributed by atoms with E-state index in [1.54, 1.807) is 0 Å². The van der Waals surface area contributed by atoms with Crippen molar-refractivity contribution >= 4 is 0 Å². The summed E-state index contributed by atoms with van der Waals surface area (Å²) in [5, 5.41) is 13.3. The quantitative estimate of drug-likeness (QED) is 0.863. The summed E-state index contributed by atoms with van der Waals surface area (Å²) in [5.74, 6) is 0.771. The maximum atomic E-state index is 9.65. The van der Waals surface area contributed by atoms with E-state index in [9.17, 15) is 5.11 Å². The van der Waals surface area contributed by atoms with Crippen molar-refractivity contribution in [3.8, 4) is 0 Å². The van der Waals surface area contributed by atoms with Crippen molar-refractivity contribution < 1.29 is 5.11 Å². The second-order valence-electron chi connectivity index (χ2n) is 7.35. The highest BCUT2D eigenvalue weighted by Crippen LogP contribution is 2.38. The van der Waals surface area contributed by atoms with Crippen LogP contribution in [0.2, 0.25) is 0 Å². The number of nitrogens with one attached hydrogen (secondary N) is 1. The van der Waals surface area contributed by atoms with E-state index in [4.69, 9.17) is 0 Å². The molecule has 0 bridgehead atoms. The molecule has 112 valence electrons. The Morgan fingerprint density at radius 3 is 2.55 bits per heavy atom.